The second-order valence-corrected chi connectivity index (χ2v) is 6.50. The summed E-state index contributed by atoms with van der Waals surface area (Å²) < 4.78 is 13.7. The van der Waals surface area contributed by atoms with Crippen LogP contribution in [0.15, 0.2) is 36.5 Å². The fourth-order valence-electron chi connectivity index (χ4n) is 2.73. The van der Waals surface area contributed by atoms with E-state index in [9.17, 15) is 9.18 Å². The molecule has 0 radical (unpaired) electrons. The van der Waals surface area contributed by atoms with Crippen molar-refractivity contribution in [2.45, 2.75) is 13.5 Å². The fourth-order valence-corrected chi connectivity index (χ4v) is 2.91. The number of aryl methyl sites for hydroxylation is 1. The van der Waals surface area contributed by atoms with E-state index in [0.717, 1.165) is 5.56 Å². The van der Waals surface area contributed by atoms with Gasteiger partial charge in [0.1, 0.15) is 5.82 Å². The summed E-state index contributed by atoms with van der Waals surface area (Å²) in [5.41, 5.74) is 2.09. The number of pyridine rings is 1. The monoisotopic (exact) mass is 362 g/mol. The Morgan fingerprint density at radius 2 is 2.04 bits per heavy atom. The number of aromatic nitrogens is 1. The van der Waals surface area contributed by atoms with Crippen LogP contribution in [0.4, 0.5) is 14.9 Å². The number of hydrogen-bond acceptors (Lipinski definition) is 3. The largest absolute Gasteiger partial charge is 0.322 e. The van der Waals surface area contributed by atoms with Gasteiger partial charge in [0.15, 0.2) is 0 Å². The maximum Gasteiger partial charge on any atom is 0.321 e. The normalized spacial score (nSPS) is 15.2. The summed E-state index contributed by atoms with van der Waals surface area (Å²) in [7, 11) is 0. The molecule has 3 rings (SSSR count). The van der Waals surface area contributed by atoms with Crippen LogP contribution in [0.25, 0.3) is 0 Å². The van der Waals surface area contributed by atoms with E-state index in [4.69, 9.17) is 11.6 Å². The van der Waals surface area contributed by atoms with Gasteiger partial charge in [-0.1, -0.05) is 17.7 Å². The van der Waals surface area contributed by atoms with Crippen molar-refractivity contribution in [2.24, 2.45) is 0 Å². The summed E-state index contributed by atoms with van der Waals surface area (Å²) >= 11 is 6.08. The highest BCUT2D eigenvalue weighted by atomic mass is 35.5. The summed E-state index contributed by atoms with van der Waals surface area (Å²) in [4.78, 5) is 20.3. The number of amides is 2. The predicted octanol–water partition coefficient (Wildman–Crippen LogP) is 3.53. The van der Waals surface area contributed by atoms with Gasteiger partial charge >= 0.3 is 6.03 Å². The highest BCUT2D eigenvalue weighted by molar-refractivity contribution is 6.31. The van der Waals surface area contributed by atoms with Crippen molar-refractivity contribution in [3.05, 3.63) is 58.6 Å². The molecule has 25 heavy (non-hydrogen) atoms. The molecule has 1 N–H and O–H groups in total. The van der Waals surface area contributed by atoms with Gasteiger partial charge in [0, 0.05) is 49.6 Å². The van der Waals surface area contributed by atoms with Crippen molar-refractivity contribution in [2.75, 3.05) is 31.5 Å². The average molecular weight is 363 g/mol. The molecule has 0 aliphatic carbocycles. The van der Waals surface area contributed by atoms with Gasteiger partial charge in [-0.3, -0.25) is 9.88 Å². The Hall–Kier alpha value is -2.18. The van der Waals surface area contributed by atoms with Gasteiger partial charge < -0.3 is 10.2 Å². The minimum atomic E-state index is -0.293. The number of anilines is 1. The molecule has 2 aromatic rings. The number of carbonyl (C=O) groups is 1. The maximum absolute atomic E-state index is 13.7. The smallest absolute Gasteiger partial charge is 0.321 e. The van der Waals surface area contributed by atoms with E-state index in [1.807, 2.05) is 19.1 Å². The van der Waals surface area contributed by atoms with E-state index in [-0.39, 0.29) is 11.8 Å². The molecule has 1 aliphatic rings. The quantitative estimate of drug-likeness (QED) is 0.908. The first-order chi connectivity index (χ1) is 12.0. The van der Waals surface area contributed by atoms with Gasteiger partial charge in [-0.15, -0.1) is 0 Å². The van der Waals surface area contributed by atoms with Crippen LogP contribution in [0.5, 0.6) is 0 Å². The summed E-state index contributed by atoms with van der Waals surface area (Å²) in [6, 6.07) is 8.30. The molecule has 1 fully saturated rings. The Labute approximate surface area is 151 Å². The Morgan fingerprint density at radius 3 is 2.72 bits per heavy atom. The lowest BCUT2D eigenvalue weighted by molar-refractivity contribution is 0.141. The van der Waals surface area contributed by atoms with Crippen LogP contribution in [0.3, 0.4) is 0 Å². The first kappa shape index (κ1) is 17.6. The highest BCUT2D eigenvalue weighted by Crippen LogP contribution is 2.20. The Bertz CT molecular complexity index is 762. The van der Waals surface area contributed by atoms with Crippen LogP contribution in [-0.2, 0) is 6.54 Å². The van der Waals surface area contributed by atoms with Crippen LogP contribution in [0.1, 0.15) is 11.3 Å². The van der Waals surface area contributed by atoms with Crippen molar-refractivity contribution in [1.29, 1.82) is 0 Å². The molecule has 0 bridgehead atoms. The fraction of sp³-hybridized carbons (Fsp3) is 0.333. The molecular weight excluding hydrogens is 343 g/mol. The topological polar surface area (TPSA) is 48.5 Å². The molecule has 1 aromatic heterocycles. The van der Waals surface area contributed by atoms with Crippen LogP contribution in [-0.4, -0.2) is 47.0 Å². The Kier molecular flexibility index (Phi) is 5.50. The third-order valence-corrected chi connectivity index (χ3v) is 4.70. The van der Waals surface area contributed by atoms with E-state index in [2.05, 4.69) is 15.2 Å². The van der Waals surface area contributed by atoms with Crippen molar-refractivity contribution in [3.8, 4) is 0 Å². The van der Waals surface area contributed by atoms with Crippen molar-refractivity contribution < 1.29 is 9.18 Å². The maximum atomic E-state index is 13.7. The van der Waals surface area contributed by atoms with Crippen LogP contribution >= 0.6 is 11.6 Å². The lowest BCUT2D eigenvalue weighted by Gasteiger charge is -2.34. The van der Waals surface area contributed by atoms with Gasteiger partial charge in [0.25, 0.3) is 0 Å². The van der Waals surface area contributed by atoms with Gasteiger partial charge in [-0.2, -0.15) is 0 Å². The number of urea groups is 1. The van der Waals surface area contributed by atoms with Crippen molar-refractivity contribution >= 4 is 23.3 Å². The summed E-state index contributed by atoms with van der Waals surface area (Å²) in [6.07, 6.45) is 1.59. The molecular formula is C18H20ClFN4O. The molecule has 1 aromatic carbocycles. The molecule has 0 unspecified atom stereocenters. The van der Waals surface area contributed by atoms with Crippen LogP contribution in [0, 0.1) is 12.7 Å². The van der Waals surface area contributed by atoms with Gasteiger partial charge in [-0.25, -0.2) is 9.18 Å². The predicted molar refractivity (Wildman–Crippen MR) is 96.3 cm³/mol. The number of rotatable bonds is 3. The van der Waals surface area contributed by atoms with Gasteiger partial charge in [0.05, 0.1) is 5.69 Å². The standard InChI is InChI=1S/C18H20ClFN4O/c1-13-4-5-14(11-15(13)19)22-18(25)24-9-7-23(8-10-24)12-17-16(20)3-2-6-21-17/h2-6,11H,7-10,12H2,1H3,(H,22,25). The van der Waals surface area contributed by atoms with Crippen LogP contribution in [0.2, 0.25) is 5.02 Å². The summed E-state index contributed by atoms with van der Waals surface area (Å²) in [5, 5.41) is 3.49. The molecule has 132 valence electrons. The first-order valence-corrected chi connectivity index (χ1v) is 8.54. The van der Waals surface area contributed by atoms with Crippen LogP contribution < -0.4 is 5.32 Å². The zero-order valence-electron chi connectivity index (χ0n) is 14.0. The Morgan fingerprint density at radius 1 is 1.28 bits per heavy atom. The van der Waals surface area contributed by atoms with E-state index in [1.54, 1.807) is 23.2 Å². The molecule has 5 nitrogen and oxygen atoms in total. The minimum absolute atomic E-state index is 0.149. The summed E-state index contributed by atoms with van der Waals surface area (Å²) in [6.45, 7) is 4.89. The third kappa shape index (κ3) is 4.46. The van der Waals surface area contributed by atoms with Gasteiger partial charge in [-0.05, 0) is 36.8 Å². The number of nitrogens with zero attached hydrogens (tertiary/aromatic N) is 3. The molecule has 0 saturated carbocycles. The van der Waals surface area contributed by atoms with E-state index in [0.29, 0.717) is 49.1 Å². The summed E-state index contributed by atoms with van der Waals surface area (Å²) in [5.74, 6) is -0.293. The average Bonchev–Trinajstić information content (AvgIpc) is 2.61. The number of nitrogens with one attached hydrogen (secondary N) is 1. The molecule has 0 atom stereocenters. The molecule has 2 heterocycles. The Balaban J connectivity index is 1.52. The molecule has 1 saturated heterocycles. The number of halogens is 2. The van der Waals surface area contributed by atoms with Crippen molar-refractivity contribution in [3.63, 3.8) is 0 Å². The lowest BCUT2D eigenvalue weighted by Crippen LogP contribution is -2.49. The second kappa shape index (κ2) is 7.80. The molecule has 1 aliphatic heterocycles. The van der Waals surface area contributed by atoms with E-state index in [1.165, 1.54) is 6.07 Å². The zero-order valence-corrected chi connectivity index (χ0v) is 14.8. The molecule has 2 amide bonds. The minimum Gasteiger partial charge on any atom is -0.322 e. The number of piperazine rings is 1. The second-order valence-electron chi connectivity index (χ2n) is 6.09. The highest BCUT2D eigenvalue weighted by Gasteiger charge is 2.22. The SMILES string of the molecule is Cc1ccc(NC(=O)N2CCN(Cc3ncccc3F)CC2)cc1Cl. The molecule has 0 spiro atoms. The number of benzene rings is 1. The van der Waals surface area contributed by atoms with Crippen molar-refractivity contribution in [1.82, 2.24) is 14.8 Å². The van der Waals surface area contributed by atoms with E-state index < -0.39 is 0 Å². The van der Waals surface area contributed by atoms with E-state index >= 15 is 0 Å². The lowest BCUT2D eigenvalue weighted by atomic mass is 10.2. The number of hydrogen-bond donors (Lipinski definition) is 1. The number of carbonyl (C=O) groups excluding carboxylic acids is 1. The molecule has 7 heteroatoms. The van der Waals surface area contributed by atoms with Gasteiger partial charge in [0.2, 0.25) is 0 Å². The third-order valence-electron chi connectivity index (χ3n) is 4.29. The zero-order chi connectivity index (χ0) is 17.8. The first-order valence-electron chi connectivity index (χ1n) is 8.17.